The first-order valence-electron chi connectivity index (χ1n) is 8.32. The number of carbonyl (C=O) groups excluding carboxylic acids is 1. The average molecular weight is 402 g/mol. The molecule has 0 bridgehead atoms. The molecule has 0 fully saturated rings. The van der Waals surface area contributed by atoms with Gasteiger partial charge < -0.3 is 14.0 Å². The average Bonchev–Trinajstić information content (AvgIpc) is 3.37. The van der Waals surface area contributed by atoms with Crippen molar-refractivity contribution in [1.82, 2.24) is 10.2 Å². The number of ether oxygens (including phenoxy) is 1. The first-order chi connectivity index (χ1) is 13.6. The molecule has 142 valence electrons. The van der Waals surface area contributed by atoms with E-state index in [1.807, 2.05) is 0 Å². The molecule has 0 aliphatic carbocycles. The Balaban J connectivity index is 1.32. The van der Waals surface area contributed by atoms with E-state index in [0.717, 1.165) is 0 Å². The SMILES string of the molecule is O=C(OCc1nnc(-c2ccc(Cl)cc2)o1)C1CC(c2cccc(F)c2)=NO1. The lowest BCUT2D eigenvalue weighted by molar-refractivity contribution is -0.157. The number of nitrogens with zero attached hydrogens (tertiary/aromatic N) is 3. The Morgan fingerprint density at radius 3 is 2.79 bits per heavy atom. The van der Waals surface area contributed by atoms with Crippen molar-refractivity contribution in [2.75, 3.05) is 0 Å². The Morgan fingerprint density at radius 2 is 2.00 bits per heavy atom. The van der Waals surface area contributed by atoms with Crippen LogP contribution in [0.3, 0.4) is 0 Å². The highest BCUT2D eigenvalue weighted by Gasteiger charge is 2.30. The van der Waals surface area contributed by atoms with Crippen LogP contribution in [0.25, 0.3) is 11.5 Å². The van der Waals surface area contributed by atoms with Gasteiger partial charge in [0.1, 0.15) is 5.82 Å². The molecule has 3 aromatic rings. The fourth-order valence-electron chi connectivity index (χ4n) is 2.59. The molecule has 1 aliphatic heterocycles. The second-order valence-corrected chi connectivity index (χ2v) is 6.40. The fourth-order valence-corrected chi connectivity index (χ4v) is 2.72. The summed E-state index contributed by atoms with van der Waals surface area (Å²) in [6.07, 6.45) is -0.723. The maximum atomic E-state index is 13.3. The number of esters is 1. The predicted octanol–water partition coefficient (Wildman–Crippen LogP) is 3.77. The van der Waals surface area contributed by atoms with E-state index >= 15 is 0 Å². The summed E-state index contributed by atoms with van der Waals surface area (Å²) in [4.78, 5) is 17.3. The van der Waals surface area contributed by atoms with Crippen molar-refractivity contribution in [3.05, 3.63) is 70.8 Å². The van der Waals surface area contributed by atoms with Crippen LogP contribution in [0.15, 0.2) is 58.1 Å². The number of carbonyl (C=O) groups is 1. The summed E-state index contributed by atoms with van der Waals surface area (Å²) >= 11 is 5.84. The van der Waals surface area contributed by atoms with Gasteiger partial charge in [0.25, 0.3) is 5.89 Å². The Kier molecular flexibility index (Phi) is 5.03. The molecule has 1 atom stereocenters. The van der Waals surface area contributed by atoms with Crippen molar-refractivity contribution in [2.24, 2.45) is 5.16 Å². The molecule has 7 nitrogen and oxygen atoms in total. The zero-order valence-corrected chi connectivity index (χ0v) is 15.1. The minimum Gasteiger partial charge on any atom is -0.453 e. The molecule has 0 spiro atoms. The van der Waals surface area contributed by atoms with Crippen LogP contribution in [0.2, 0.25) is 5.02 Å². The van der Waals surface area contributed by atoms with Crippen LogP contribution in [-0.2, 0) is 21.0 Å². The number of hydrogen-bond donors (Lipinski definition) is 0. The molecule has 2 heterocycles. The minimum atomic E-state index is -0.906. The Morgan fingerprint density at radius 1 is 1.18 bits per heavy atom. The number of benzene rings is 2. The van der Waals surface area contributed by atoms with Crippen molar-refractivity contribution < 1.29 is 23.2 Å². The molecule has 28 heavy (non-hydrogen) atoms. The molecule has 0 saturated heterocycles. The number of hydrogen-bond acceptors (Lipinski definition) is 7. The highest BCUT2D eigenvalue weighted by Crippen LogP contribution is 2.21. The molecule has 1 aliphatic rings. The number of rotatable bonds is 5. The Bertz CT molecular complexity index is 1040. The molecule has 0 N–H and O–H groups in total. The molecule has 2 aromatic carbocycles. The van der Waals surface area contributed by atoms with E-state index in [9.17, 15) is 9.18 Å². The normalized spacial score (nSPS) is 15.8. The third-order valence-electron chi connectivity index (χ3n) is 3.99. The number of oxime groups is 1. The lowest BCUT2D eigenvalue weighted by Crippen LogP contribution is -2.23. The fraction of sp³-hybridized carbons (Fsp3) is 0.158. The van der Waals surface area contributed by atoms with E-state index in [1.54, 1.807) is 36.4 Å². The Hall–Kier alpha value is -3.26. The zero-order chi connectivity index (χ0) is 19.5. The smallest absolute Gasteiger partial charge is 0.351 e. The summed E-state index contributed by atoms with van der Waals surface area (Å²) in [5.41, 5.74) is 1.73. The monoisotopic (exact) mass is 401 g/mol. The van der Waals surface area contributed by atoms with Crippen LogP contribution < -0.4 is 0 Å². The van der Waals surface area contributed by atoms with Gasteiger partial charge in [-0.3, -0.25) is 0 Å². The van der Waals surface area contributed by atoms with E-state index in [4.69, 9.17) is 25.6 Å². The first-order valence-corrected chi connectivity index (χ1v) is 8.70. The van der Waals surface area contributed by atoms with Gasteiger partial charge in [0.05, 0.1) is 5.71 Å². The molecule has 0 saturated carbocycles. The van der Waals surface area contributed by atoms with Gasteiger partial charge in [0.15, 0.2) is 6.61 Å². The molecule has 1 unspecified atom stereocenters. The van der Waals surface area contributed by atoms with Crippen molar-refractivity contribution in [2.45, 2.75) is 19.1 Å². The van der Waals surface area contributed by atoms with Gasteiger partial charge in [-0.15, -0.1) is 10.2 Å². The highest BCUT2D eigenvalue weighted by molar-refractivity contribution is 6.30. The second-order valence-electron chi connectivity index (χ2n) is 5.96. The topological polar surface area (TPSA) is 86.8 Å². The van der Waals surface area contributed by atoms with E-state index < -0.39 is 12.1 Å². The lowest BCUT2D eigenvalue weighted by atomic mass is 10.1. The van der Waals surface area contributed by atoms with Gasteiger partial charge in [-0.2, -0.15) is 0 Å². The van der Waals surface area contributed by atoms with Gasteiger partial charge >= 0.3 is 5.97 Å². The van der Waals surface area contributed by atoms with Crippen LogP contribution in [0.1, 0.15) is 17.9 Å². The molecule has 0 radical (unpaired) electrons. The maximum absolute atomic E-state index is 13.3. The largest absolute Gasteiger partial charge is 0.453 e. The van der Waals surface area contributed by atoms with E-state index in [0.29, 0.717) is 21.9 Å². The molecule has 4 rings (SSSR count). The first kappa shape index (κ1) is 18.1. The maximum Gasteiger partial charge on any atom is 0.351 e. The van der Waals surface area contributed by atoms with Gasteiger partial charge in [-0.05, 0) is 36.4 Å². The predicted molar refractivity (Wildman–Crippen MR) is 97.0 cm³/mol. The second kappa shape index (κ2) is 7.77. The van der Waals surface area contributed by atoms with Crippen LogP contribution in [0.4, 0.5) is 4.39 Å². The van der Waals surface area contributed by atoms with Crippen molar-refractivity contribution in [3.8, 4) is 11.5 Å². The van der Waals surface area contributed by atoms with Gasteiger partial charge in [-0.1, -0.05) is 28.9 Å². The third-order valence-corrected chi connectivity index (χ3v) is 4.24. The molecule has 0 amide bonds. The van der Waals surface area contributed by atoms with Gasteiger partial charge in [-0.25, -0.2) is 9.18 Å². The molecule has 1 aromatic heterocycles. The van der Waals surface area contributed by atoms with Crippen LogP contribution in [-0.4, -0.2) is 28.0 Å². The third kappa shape index (κ3) is 4.01. The molecular formula is C19H13ClFN3O4. The summed E-state index contributed by atoms with van der Waals surface area (Å²) in [5.74, 6) is -0.584. The van der Waals surface area contributed by atoms with Crippen molar-refractivity contribution in [1.29, 1.82) is 0 Å². The van der Waals surface area contributed by atoms with E-state index in [2.05, 4.69) is 15.4 Å². The standard InChI is InChI=1S/C19H13ClFN3O4/c20-13-6-4-11(5-7-13)18-23-22-17(27-18)10-26-19(25)16-9-15(24-28-16)12-2-1-3-14(21)8-12/h1-8,16H,9-10H2. The van der Waals surface area contributed by atoms with Crippen LogP contribution >= 0.6 is 11.6 Å². The lowest BCUT2D eigenvalue weighted by Gasteiger charge is -2.06. The summed E-state index contributed by atoms with van der Waals surface area (Å²) in [6, 6.07) is 12.8. The van der Waals surface area contributed by atoms with Gasteiger partial charge in [0, 0.05) is 22.6 Å². The molecule has 9 heteroatoms. The van der Waals surface area contributed by atoms with Crippen LogP contribution in [0, 0.1) is 5.82 Å². The van der Waals surface area contributed by atoms with Crippen molar-refractivity contribution in [3.63, 3.8) is 0 Å². The summed E-state index contributed by atoms with van der Waals surface area (Å²) in [5, 5.41) is 12.2. The zero-order valence-electron chi connectivity index (χ0n) is 14.3. The van der Waals surface area contributed by atoms with Gasteiger partial charge in [0.2, 0.25) is 12.0 Å². The highest BCUT2D eigenvalue weighted by atomic mass is 35.5. The minimum absolute atomic E-state index is 0.141. The molecular weight excluding hydrogens is 389 g/mol. The summed E-state index contributed by atoms with van der Waals surface area (Å²) in [7, 11) is 0. The van der Waals surface area contributed by atoms with Crippen LogP contribution in [0.5, 0.6) is 0 Å². The van der Waals surface area contributed by atoms with E-state index in [1.165, 1.54) is 12.1 Å². The number of aromatic nitrogens is 2. The summed E-state index contributed by atoms with van der Waals surface area (Å²) < 4.78 is 23.9. The number of halogens is 2. The Labute approximate surface area is 163 Å². The van der Waals surface area contributed by atoms with Crippen molar-refractivity contribution >= 4 is 23.3 Å². The summed E-state index contributed by atoms with van der Waals surface area (Å²) in [6.45, 7) is -0.200. The quantitative estimate of drug-likeness (QED) is 0.605. The van der Waals surface area contributed by atoms with E-state index in [-0.39, 0.29) is 30.6 Å².